The van der Waals surface area contributed by atoms with Gasteiger partial charge in [-0.2, -0.15) is 0 Å². The lowest BCUT2D eigenvalue weighted by Gasteiger charge is -1.99. The van der Waals surface area contributed by atoms with E-state index < -0.39 is 5.97 Å². The molecule has 5 nitrogen and oxygen atoms in total. The van der Waals surface area contributed by atoms with Gasteiger partial charge >= 0.3 is 5.97 Å². The maximum atomic E-state index is 10.5. The van der Waals surface area contributed by atoms with E-state index in [1.807, 2.05) is 0 Å². The number of carboxylic acids is 1. The van der Waals surface area contributed by atoms with Crippen LogP contribution in [-0.2, 0) is 16.0 Å². The van der Waals surface area contributed by atoms with Gasteiger partial charge in [-0.05, 0) is 13.3 Å². The number of aliphatic carboxylic acids is 1. The molecule has 1 atom stereocenters. The molecule has 1 aromatic rings. The summed E-state index contributed by atoms with van der Waals surface area (Å²) in [4.78, 5) is 14.8. The third-order valence-electron chi connectivity index (χ3n) is 2.50. The van der Waals surface area contributed by atoms with E-state index in [9.17, 15) is 4.79 Å². The molecule has 1 N–H and O–H groups in total. The number of nitrogens with zero attached hydrogens (tertiary/aromatic N) is 1. The van der Waals surface area contributed by atoms with Crippen LogP contribution >= 0.6 is 0 Å². The topological polar surface area (TPSA) is 72.6 Å². The number of ether oxygens (including phenoxy) is 1. The van der Waals surface area contributed by atoms with E-state index in [-0.39, 0.29) is 12.3 Å². The third kappa shape index (κ3) is 2.18. The molecule has 82 valence electrons. The molecule has 0 aromatic carbocycles. The van der Waals surface area contributed by atoms with Crippen molar-refractivity contribution in [1.29, 1.82) is 0 Å². The van der Waals surface area contributed by atoms with Gasteiger partial charge in [-0.3, -0.25) is 4.79 Å². The van der Waals surface area contributed by atoms with Gasteiger partial charge in [0.15, 0.2) is 5.89 Å². The van der Waals surface area contributed by atoms with Crippen LogP contribution in [0, 0.1) is 6.92 Å². The molecule has 0 amide bonds. The van der Waals surface area contributed by atoms with Gasteiger partial charge in [0.05, 0.1) is 18.2 Å². The van der Waals surface area contributed by atoms with Gasteiger partial charge in [0.25, 0.3) is 0 Å². The Bertz CT molecular complexity index is 365. The van der Waals surface area contributed by atoms with Gasteiger partial charge in [0.2, 0.25) is 0 Å². The Kier molecular flexibility index (Phi) is 2.73. The Balaban J connectivity index is 2.16. The fraction of sp³-hybridized carbons (Fsp3) is 0.600. The number of aromatic nitrogens is 1. The lowest BCUT2D eigenvalue weighted by atomic mass is 10.1. The lowest BCUT2D eigenvalue weighted by molar-refractivity contribution is -0.136. The minimum absolute atomic E-state index is 0.105. The molecular formula is C10H13NO4. The molecule has 0 bridgehead atoms. The Labute approximate surface area is 87.1 Å². The Morgan fingerprint density at radius 2 is 2.47 bits per heavy atom. The first kappa shape index (κ1) is 10.2. The van der Waals surface area contributed by atoms with E-state index in [1.54, 1.807) is 6.92 Å². The van der Waals surface area contributed by atoms with Gasteiger partial charge in [-0.25, -0.2) is 4.98 Å². The number of carboxylic acid groups (broad SMARTS) is 1. The number of hydrogen-bond acceptors (Lipinski definition) is 4. The van der Waals surface area contributed by atoms with Crippen molar-refractivity contribution in [2.45, 2.75) is 25.7 Å². The molecule has 2 heterocycles. The second kappa shape index (κ2) is 4.02. The molecule has 1 saturated heterocycles. The molecule has 15 heavy (non-hydrogen) atoms. The van der Waals surface area contributed by atoms with Crippen LogP contribution in [0.2, 0.25) is 0 Å². The average Bonchev–Trinajstić information content (AvgIpc) is 2.75. The number of aryl methyl sites for hydroxylation is 1. The van der Waals surface area contributed by atoms with E-state index in [0.29, 0.717) is 24.0 Å². The molecule has 1 aliphatic heterocycles. The maximum Gasteiger partial charge on any atom is 0.311 e. The minimum atomic E-state index is -0.900. The summed E-state index contributed by atoms with van der Waals surface area (Å²) in [5, 5.41) is 8.65. The number of rotatable bonds is 3. The van der Waals surface area contributed by atoms with Crippen molar-refractivity contribution >= 4 is 5.97 Å². The summed E-state index contributed by atoms with van der Waals surface area (Å²) < 4.78 is 10.7. The van der Waals surface area contributed by atoms with E-state index in [0.717, 1.165) is 13.0 Å². The molecular weight excluding hydrogens is 198 g/mol. The predicted octanol–water partition coefficient (Wildman–Crippen LogP) is 1.11. The van der Waals surface area contributed by atoms with Crippen LogP contribution < -0.4 is 0 Å². The standard InChI is InChI=1S/C10H13NO4/c1-6-8(4-9(12)13)15-10(11-6)7-2-3-14-5-7/h7H,2-5H2,1H3,(H,12,13). The minimum Gasteiger partial charge on any atom is -0.481 e. The van der Waals surface area contributed by atoms with Gasteiger partial charge in [-0.15, -0.1) is 0 Å². The van der Waals surface area contributed by atoms with Crippen LogP contribution in [0.5, 0.6) is 0 Å². The molecule has 5 heteroatoms. The molecule has 0 aliphatic carbocycles. The van der Waals surface area contributed by atoms with Crippen LogP contribution in [0.15, 0.2) is 4.42 Å². The number of hydrogen-bond donors (Lipinski definition) is 1. The fourth-order valence-corrected chi connectivity index (χ4v) is 1.66. The summed E-state index contributed by atoms with van der Waals surface area (Å²) in [5.74, 6) is 0.348. The second-order valence-electron chi connectivity index (χ2n) is 3.69. The third-order valence-corrected chi connectivity index (χ3v) is 2.50. The Hall–Kier alpha value is -1.36. The lowest BCUT2D eigenvalue weighted by Crippen LogP contribution is -2.00. The zero-order valence-corrected chi connectivity index (χ0v) is 8.52. The highest BCUT2D eigenvalue weighted by Crippen LogP contribution is 2.26. The van der Waals surface area contributed by atoms with Crippen LogP contribution in [0.25, 0.3) is 0 Å². The molecule has 1 aliphatic rings. The molecule has 2 rings (SSSR count). The second-order valence-corrected chi connectivity index (χ2v) is 3.69. The smallest absolute Gasteiger partial charge is 0.311 e. The highest BCUT2D eigenvalue weighted by Gasteiger charge is 2.24. The molecule has 1 fully saturated rings. The first-order valence-corrected chi connectivity index (χ1v) is 4.92. The van der Waals surface area contributed by atoms with Crippen molar-refractivity contribution < 1.29 is 19.1 Å². The molecule has 1 unspecified atom stereocenters. The monoisotopic (exact) mass is 211 g/mol. The zero-order chi connectivity index (χ0) is 10.8. The van der Waals surface area contributed by atoms with Crippen molar-refractivity contribution in [2.24, 2.45) is 0 Å². The molecule has 0 spiro atoms. The number of carbonyl (C=O) groups is 1. The van der Waals surface area contributed by atoms with E-state index in [1.165, 1.54) is 0 Å². The zero-order valence-electron chi connectivity index (χ0n) is 8.52. The van der Waals surface area contributed by atoms with Crippen molar-refractivity contribution in [3.05, 3.63) is 17.3 Å². The van der Waals surface area contributed by atoms with Gasteiger partial charge in [0, 0.05) is 6.61 Å². The van der Waals surface area contributed by atoms with Crippen LogP contribution in [-0.4, -0.2) is 29.3 Å². The summed E-state index contributed by atoms with van der Waals surface area (Å²) in [6, 6.07) is 0. The molecule has 0 radical (unpaired) electrons. The summed E-state index contributed by atoms with van der Waals surface area (Å²) in [7, 11) is 0. The number of oxazole rings is 1. The van der Waals surface area contributed by atoms with Crippen molar-refractivity contribution in [1.82, 2.24) is 4.98 Å². The van der Waals surface area contributed by atoms with Crippen molar-refractivity contribution in [3.63, 3.8) is 0 Å². The summed E-state index contributed by atoms with van der Waals surface area (Å²) in [6.07, 6.45) is 0.791. The van der Waals surface area contributed by atoms with E-state index in [2.05, 4.69) is 4.98 Å². The predicted molar refractivity (Wildman–Crippen MR) is 50.8 cm³/mol. The highest BCUT2D eigenvalue weighted by atomic mass is 16.5. The summed E-state index contributed by atoms with van der Waals surface area (Å²) in [6.45, 7) is 3.11. The maximum absolute atomic E-state index is 10.5. The van der Waals surface area contributed by atoms with Gasteiger partial charge < -0.3 is 14.3 Å². The SMILES string of the molecule is Cc1nc(C2CCOC2)oc1CC(=O)O. The fourth-order valence-electron chi connectivity index (χ4n) is 1.66. The van der Waals surface area contributed by atoms with Gasteiger partial charge in [0.1, 0.15) is 12.2 Å². The molecule has 1 aromatic heterocycles. The Morgan fingerprint density at radius 1 is 1.67 bits per heavy atom. The summed E-state index contributed by atoms with van der Waals surface area (Å²) >= 11 is 0. The average molecular weight is 211 g/mol. The highest BCUT2D eigenvalue weighted by molar-refractivity contribution is 5.69. The first-order valence-electron chi connectivity index (χ1n) is 4.92. The van der Waals surface area contributed by atoms with Crippen LogP contribution in [0.4, 0.5) is 0 Å². The molecule has 0 saturated carbocycles. The van der Waals surface area contributed by atoms with E-state index >= 15 is 0 Å². The summed E-state index contributed by atoms with van der Waals surface area (Å²) in [5.41, 5.74) is 0.666. The first-order chi connectivity index (χ1) is 7.16. The Morgan fingerprint density at radius 3 is 3.07 bits per heavy atom. The quantitative estimate of drug-likeness (QED) is 0.810. The van der Waals surface area contributed by atoms with Crippen LogP contribution in [0.1, 0.15) is 29.7 Å². The van der Waals surface area contributed by atoms with Crippen molar-refractivity contribution in [3.8, 4) is 0 Å². The normalized spacial score (nSPS) is 20.7. The largest absolute Gasteiger partial charge is 0.481 e. The van der Waals surface area contributed by atoms with Crippen molar-refractivity contribution in [2.75, 3.05) is 13.2 Å². The van der Waals surface area contributed by atoms with Crippen LogP contribution in [0.3, 0.4) is 0 Å². The van der Waals surface area contributed by atoms with Gasteiger partial charge in [-0.1, -0.05) is 0 Å². The van der Waals surface area contributed by atoms with E-state index in [4.69, 9.17) is 14.3 Å².